The number of nitrogens with zero attached hydrogens (tertiary/aromatic N) is 4. The van der Waals surface area contributed by atoms with Gasteiger partial charge in [0.15, 0.2) is 0 Å². The number of nitrogens with one attached hydrogen (secondary N) is 1. The molecule has 2 aliphatic rings. The van der Waals surface area contributed by atoms with Crippen molar-refractivity contribution >= 4 is 27.5 Å². The van der Waals surface area contributed by atoms with Gasteiger partial charge in [-0.3, -0.25) is 19.3 Å². The summed E-state index contributed by atoms with van der Waals surface area (Å²) in [5.74, 6) is 0.650. The third-order valence-corrected chi connectivity index (χ3v) is 7.28. The summed E-state index contributed by atoms with van der Waals surface area (Å²) in [6.45, 7) is 3.54. The molecule has 0 aromatic carbocycles. The van der Waals surface area contributed by atoms with Crippen LogP contribution in [0.25, 0.3) is 10.2 Å². The fourth-order valence-corrected chi connectivity index (χ4v) is 5.84. The Bertz CT molecular complexity index is 1080. The molecule has 1 saturated heterocycles. The van der Waals surface area contributed by atoms with Gasteiger partial charge in [0.2, 0.25) is 0 Å². The van der Waals surface area contributed by atoms with Crippen LogP contribution < -0.4 is 5.56 Å². The van der Waals surface area contributed by atoms with Crippen molar-refractivity contribution in [3.63, 3.8) is 0 Å². The quantitative estimate of drug-likeness (QED) is 0.721. The van der Waals surface area contributed by atoms with E-state index in [1.165, 1.54) is 10.4 Å². The van der Waals surface area contributed by atoms with E-state index in [0.29, 0.717) is 24.7 Å². The monoisotopic (exact) mass is 397 g/mol. The maximum atomic E-state index is 13.3. The zero-order valence-corrected chi connectivity index (χ0v) is 16.7. The summed E-state index contributed by atoms with van der Waals surface area (Å²) in [5, 5.41) is 7.42. The average molecular weight is 398 g/mol. The first-order valence-corrected chi connectivity index (χ1v) is 10.7. The van der Waals surface area contributed by atoms with Gasteiger partial charge in [0, 0.05) is 30.2 Å². The molecule has 7 nitrogen and oxygen atoms in total. The first-order chi connectivity index (χ1) is 13.6. The third kappa shape index (κ3) is 2.87. The van der Waals surface area contributed by atoms with E-state index in [-0.39, 0.29) is 17.5 Å². The van der Waals surface area contributed by atoms with E-state index in [0.717, 1.165) is 42.3 Å². The number of likely N-dealkylation sites (tertiary alicyclic amines) is 1. The van der Waals surface area contributed by atoms with E-state index in [4.69, 9.17) is 0 Å². The van der Waals surface area contributed by atoms with Gasteiger partial charge in [-0.05, 0) is 49.7 Å². The van der Waals surface area contributed by atoms with Gasteiger partial charge in [0.25, 0.3) is 11.5 Å². The number of thiophene rings is 1. The van der Waals surface area contributed by atoms with Gasteiger partial charge in [-0.2, -0.15) is 5.10 Å². The van der Waals surface area contributed by atoms with Crippen molar-refractivity contribution < 1.29 is 4.79 Å². The molecule has 1 amide bonds. The van der Waals surface area contributed by atoms with Crippen LogP contribution in [0.1, 0.15) is 53.2 Å². The highest BCUT2D eigenvalue weighted by Crippen LogP contribution is 2.36. The maximum Gasteiger partial charge on any atom is 0.271 e. The van der Waals surface area contributed by atoms with Gasteiger partial charge in [0.1, 0.15) is 10.5 Å². The van der Waals surface area contributed by atoms with Crippen LogP contribution in [0.15, 0.2) is 23.4 Å². The molecule has 1 aliphatic heterocycles. The molecule has 1 N–H and O–H groups in total. The number of piperidine rings is 1. The largest absolute Gasteiger partial charge is 0.337 e. The van der Waals surface area contributed by atoms with Gasteiger partial charge < -0.3 is 4.90 Å². The van der Waals surface area contributed by atoms with Crippen molar-refractivity contribution in [1.29, 1.82) is 0 Å². The molecule has 0 radical (unpaired) electrons. The molecule has 0 unspecified atom stereocenters. The number of hydrogen-bond donors (Lipinski definition) is 1. The summed E-state index contributed by atoms with van der Waals surface area (Å²) in [4.78, 5) is 34.4. The van der Waals surface area contributed by atoms with E-state index in [2.05, 4.69) is 22.1 Å². The molecule has 0 spiro atoms. The summed E-state index contributed by atoms with van der Waals surface area (Å²) in [7, 11) is 0. The van der Waals surface area contributed by atoms with Gasteiger partial charge in [-0.25, -0.2) is 4.98 Å². The van der Waals surface area contributed by atoms with Crippen LogP contribution >= 0.6 is 11.3 Å². The van der Waals surface area contributed by atoms with Crippen LogP contribution in [0.2, 0.25) is 0 Å². The average Bonchev–Trinajstić information content (AvgIpc) is 3.35. The number of carbonyl (C=O) groups is 1. The number of amides is 1. The Morgan fingerprint density at radius 1 is 1.29 bits per heavy atom. The lowest BCUT2D eigenvalue weighted by Crippen LogP contribution is -2.41. The highest BCUT2D eigenvalue weighted by molar-refractivity contribution is 7.18. The number of carbonyl (C=O) groups excluding carboxylic acids is 1. The Hall–Kier alpha value is -2.48. The van der Waals surface area contributed by atoms with Gasteiger partial charge in [-0.15, -0.1) is 11.3 Å². The Balaban J connectivity index is 1.39. The molecule has 1 fully saturated rings. The van der Waals surface area contributed by atoms with Gasteiger partial charge in [-0.1, -0.05) is 6.92 Å². The highest BCUT2D eigenvalue weighted by Gasteiger charge is 2.28. The first-order valence-electron chi connectivity index (χ1n) is 9.92. The second kappa shape index (κ2) is 6.84. The Morgan fingerprint density at radius 3 is 2.86 bits per heavy atom. The Morgan fingerprint density at radius 2 is 2.11 bits per heavy atom. The van der Waals surface area contributed by atoms with Crippen LogP contribution in [0.3, 0.4) is 0 Å². The Labute approximate surface area is 166 Å². The van der Waals surface area contributed by atoms with E-state index < -0.39 is 0 Å². The van der Waals surface area contributed by atoms with Crippen molar-refractivity contribution in [2.75, 3.05) is 13.1 Å². The van der Waals surface area contributed by atoms with Crippen LogP contribution in [-0.4, -0.2) is 43.6 Å². The molecule has 1 atom stereocenters. The molecule has 0 saturated carbocycles. The zero-order chi connectivity index (χ0) is 19.3. The van der Waals surface area contributed by atoms with E-state index >= 15 is 0 Å². The Kier molecular flexibility index (Phi) is 4.30. The molecule has 3 aromatic rings. The maximum absolute atomic E-state index is 13.3. The van der Waals surface area contributed by atoms with Crippen LogP contribution in [0, 0.1) is 5.92 Å². The van der Waals surface area contributed by atoms with Crippen molar-refractivity contribution in [3.05, 3.63) is 45.1 Å². The van der Waals surface area contributed by atoms with Crippen LogP contribution in [0.5, 0.6) is 0 Å². The number of aromatic amines is 1. The number of aryl methyl sites for hydroxylation is 1. The van der Waals surface area contributed by atoms with E-state index in [9.17, 15) is 9.59 Å². The summed E-state index contributed by atoms with van der Waals surface area (Å²) in [5.41, 5.74) is 1.84. The SMILES string of the molecule is C[C@@H]1CCc2c(sc3ncn(C4CCN(C(=O)c5ccn[nH]5)CC4)c(=O)c23)C1. The van der Waals surface area contributed by atoms with Crippen molar-refractivity contribution in [2.24, 2.45) is 5.92 Å². The van der Waals surface area contributed by atoms with Crippen molar-refractivity contribution in [1.82, 2.24) is 24.6 Å². The predicted octanol–water partition coefficient (Wildman–Crippen LogP) is 2.78. The topological polar surface area (TPSA) is 83.9 Å². The third-order valence-electron chi connectivity index (χ3n) is 6.12. The molecule has 8 heteroatoms. The second-order valence-electron chi connectivity index (χ2n) is 7.98. The number of aromatic nitrogens is 4. The molecule has 4 heterocycles. The molecule has 146 valence electrons. The first kappa shape index (κ1) is 17.6. The predicted molar refractivity (Wildman–Crippen MR) is 108 cm³/mol. The lowest BCUT2D eigenvalue weighted by atomic mass is 9.89. The molecular weight excluding hydrogens is 374 g/mol. The lowest BCUT2D eigenvalue weighted by molar-refractivity contribution is 0.0687. The molecule has 0 bridgehead atoms. The zero-order valence-electron chi connectivity index (χ0n) is 15.9. The molecule has 28 heavy (non-hydrogen) atoms. The van der Waals surface area contributed by atoms with Crippen molar-refractivity contribution in [3.8, 4) is 0 Å². The van der Waals surface area contributed by atoms with Gasteiger partial charge >= 0.3 is 0 Å². The second-order valence-corrected chi connectivity index (χ2v) is 9.07. The summed E-state index contributed by atoms with van der Waals surface area (Å²) < 4.78 is 1.81. The molecule has 5 rings (SSSR count). The fraction of sp³-hybridized carbons (Fsp3) is 0.500. The lowest BCUT2D eigenvalue weighted by Gasteiger charge is -2.32. The van der Waals surface area contributed by atoms with Crippen molar-refractivity contribution in [2.45, 2.75) is 45.1 Å². The highest BCUT2D eigenvalue weighted by atomic mass is 32.1. The smallest absolute Gasteiger partial charge is 0.271 e. The number of H-pyrrole nitrogens is 1. The summed E-state index contributed by atoms with van der Waals surface area (Å²) in [6, 6.07) is 1.78. The molecular formula is C20H23N5O2S. The molecule has 3 aromatic heterocycles. The van der Waals surface area contributed by atoms with Gasteiger partial charge in [0.05, 0.1) is 11.7 Å². The minimum Gasteiger partial charge on any atom is -0.337 e. The fourth-order valence-electron chi connectivity index (χ4n) is 4.50. The summed E-state index contributed by atoms with van der Waals surface area (Å²) in [6.07, 6.45) is 8.00. The summed E-state index contributed by atoms with van der Waals surface area (Å²) >= 11 is 1.69. The number of hydrogen-bond acceptors (Lipinski definition) is 5. The number of rotatable bonds is 2. The minimum absolute atomic E-state index is 0.0297. The molecule has 1 aliphatic carbocycles. The van der Waals surface area contributed by atoms with E-state index in [1.54, 1.807) is 29.9 Å². The van der Waals surface area contributed by atoms with Crippen LogP contribution in [0.4, 0.5) is 0 Å². The standard InChI is InChI=1S/C20H23N5O2S/c1-12-2-3-14-16(10-12)28-18-17(14)20(27)25(11-21-18)13-5-8-24(9-6-13)19(26)15-4-7-22-23-15/h4,7,11-13H,2-3,5-6,8-10H2,1H3,(H,22,23)/t12-/m1/s1. The van der Waals surface area contributed by atoms with Crippen LogP contribution in [-0.2, 0) is 12.8 Å². The number of fused-ring (bicyclic) bond motifs is 3. The van der Waals surface area contributed by atoms with E-state index in [1.807, 2.05) is 9.47 Å². The normalized spacial score (nSPS) is 20.5. The minimum atomic E-state index is -0.0297.